The Morgan fingerprint density at radius 2 is 2.10 bits per heavy atom. The number of ether oxygens (including phenoxy) is 1. The lowest BCUT2D eigenvalue weighted by molar-refractivity contribution is -0.140. The highest BCUT2D eigenvalue weighted by atomic mass is 35.5. The highest BCUT2D eigenvalue weighted by Crippen LogP contribution is 2.32. The summed E-state index contributed by atoms with van der Waals surface area (Å²) in [4.78, 5) is 24.5. The number of carboxylic acid groups (broad SMARTS) is 1. The smallest absolute Gasteiger partial charge is 0.308 e. The molecule has 5 nitrogen and oxygen atoms in total. The van der Waals surface area contributed by atoms with E-state index in [2.05, 4.69) is 0 Å². The minimum atomic E-state index is -0.958. The number of hydrogen-bond acceptors (Lipinski definition) is 3. The lowest BCUT2D eigenvalue weighted by Crippen LogP contribution is -2.36. The third kappa shape index (κ3) is 3.87. The van der Waals surface area contributed by atoms with Gasteiger partial charge in [-0.15, -0.1) is 0 Å². The van der Waals surface area contributed by atoms with Crippen LogP contribution in [0.3, 0.4) is 0 Å². The molecule has 1 N–H and O–H groups in total. The number of halogens is 1. The van der Waals surface area contributed by atoms with Crippen molar-refractivity contribution in [3.8, 4) is 5.75 Å². The minimum Gasteiger partial charge on any atom is -0.495 e. The van der Waals surface area contributed by atoms with Crippen LogP contribution in [0.15, 0.2) is 18.2 Å². The van der Waals surface area contributed by atoms with Crippen LogP contribution >= 0.6 is 11.6 Å². The van der Waals surface area contributed by atoms with Crippen molar-refractivity contribution in [3.63, 3.8) is 0 Å². The minimum absolute atomic E-state index is 0.0682. The van der Waals surface area contributed by atoms with E-state index in [1.807, 2.05) is 0 Å². The first kappa shape index (κ1) is 16.3. The summed E-state index contributed by atoms with van der Waals surface area (Å²) < 4.78 is 5.22. The van der Waals surface area contributed by atoms with E-state index >= 15 is 0 Å². The first-order valence-electron chi connectivity index (χ1n) is 6.27. The molecule has 6 heteroatoms. The van der Waals surface area contributed by atoms with E-state index in [9.17, 15) is 9.59 Å². The van der Waals surface area contributed by atoms with Crippen molar-refractivity contribution in [2.24, 2.45) is 5.92 Å². The molecule has 1 atom stereocenters. The van der Waals surface area contributed by atoms with Crippen LogP contribution < -0.4 is 9.64 Å². The van der Waals surface area contributed by atoms with Crippen molar-refractivity contribution in [2.45, 2.75) is 20.3 Å². The fraction of sp³-hybridized carbons (Fsp3) is 0.429. The van der Waals surface area contributed by atoms with Gasteiger partial charge >= 0.3 is 5.97 Å². The molecule has 0 aliphatic heterocycles. The molecule has 0 aliphatic carbocycles. The molecule has 1 amide bonds. The van der Waals surface area contributed by atoms with Crippen molar-refractivity contribution < 1.29 is 19.4 Å². The number of anilines is 1. The van der Waals surface area contributed by atoms with E-state index in [4.69, 9.17) is 21.4 Å². The maximum Gasteiger partial charge on any atom is 0.308 e. The van der Waals surface area contributed by atoms with Crippen molar-refractivity contribution in [1.82, 2.24) is 0 Å². The number of rotatable bonds is 6. The van der Waals surface area contributed by atoms with Gasteiger partial charge in [0.05, 0.1) is 18.7 Å². The van der Waals surface area contributed by atoms with Crippen LogP contribution in [0, 0.1) is 5.92 Å². The van der Waals surface area contributed by atoms with Crippen molar-refractivity contribution >= 4 is 29.2 Å². The van der Waals surface area contributed by atoms with Crippen LogP contribution in [0.2, 0.25) is 5.02 Å². The molecule has 1 aromatic carbocycles. The molecule has 0 saturated heterocycles. The summed E-state index contributed by atoms with van der Waals surface area (Å²) in [6.45, 7) is 3.34. The second-order valence-electron chi connectivity index (χ2n) is 4.41. The number of carbonyl (C=O) groups excluding carboxylic acids is 1. The Hall–Kier alpha value is -1.75. The van der Waals surface area contributed by atoms with Gasteiger partial charge in [-0.3, -0.25) is 9.59 Å². The summed E-state index contributed by atoms with van der Waals surface area (Å²) in [7, 11) is 1.49. The van der Waals surface area contributed by atoms with Crippen molar-refractivity contribution in [3.05, 3.63) is 23.2 Å². The molecule has 0 fully saturated rings. The number of methoxy groups -OCH3 is 1. The Balaban J connectivity index is 3.20. The van der Waals surface area contributed by atoms with Gasteiger partial charge in [-0.05, 0) is 18.2 Å². The Morgan fingerprint density at radius 3 is 2.60 bits per heavy atom. The Morgan fingerprint density at radius 1 is 1.45 bits per heavy atom. The predicted molar refractivity (Wildman–Crippen MR) is 77.4 cm³/mol. The number of carbonyl (C=O) groups is 2. The van der Waals surface area contributed by atoms with E-state index in [1.54, 1.807) is 32.0 Å². The van der Waals surface area contributed by atoms with Gasteiger partial charge in [0.2, 0.25) is 5.91 Å². The largest absolute Gasteiger partial charge is 0.495 e. The summed E-state index contributed by atoms with van der Waals surface area (Å²) in [5.74, 6) is -1.35. The first-order valence-corrected chi connectivity index (χ1v) is 6.65. The van der Waals surface area contributed by atoms with Crippen LogP contribution in [0.25, 0.3) is 0 Å². The zero-order valence-electron chi connectivity index (χ0n) is 11.7. The Kier molecular flexibility index (Phi) is 5.82. The van der Waals surface area contributed by atoms with E-state index in [-0.39, 0.29) is 18.9 Å². The molecule has 0 aromatic heterocycles. The average Bonchev–Trinajstić information content (AvgIpc) is 2.43. The lowest BCUT2D eigenvalue weighted by atomic mass is 10.1. The Bertz CT molecular complexity index is 504. The van der Waals surface area contributed by atoms with E-state index in [0.29, 0.717) is 16.5 Å². The van der Waals surface area contributed by atoms with Gasteiger partial charge in [-0.25, -0.2) is 0 Å². The number of aliphatic carboxylic acids is 1. The molecule has 0 radical (unpaired) electrons. The molecule has 0 saturated carbocycles. The van der Waals surface area contributed by atoms with Crippen LogP contribution in [-0.2, 0) is 9.59 Å². The topological polar surface area (TPSA) is 66.8 Å². The average molecular weight is 300 g/mol. The molecule has 0 bridgehead atoms. The molecular formula is C14H18ClNO4. The van der Waals surface area contributed by atoms with E-state index in [1.165, 1.54) is 12.0 Å². The number of amides is 1. The quantitative estimate of drug-likeness (QED) is 0.877. The highest BCUT2D eigenvalue weighted by Gasteiger charge is 2.23. The van der Waals surface area contributed by atoms with Crippen LogP contribution in [0.1, 0.15) is 20.3 Å². The lowest BCUT2D eigenvalue weighted by Gasteiger charge is -2.26. The normalized spacial score (nSPS) is 11.8. The summed E-state index contributed by atoms with van der Waals surface area (Å²) >= 11 is 5.95. The highest BCUT2D eigenvalue weighted by molar-refractivity contribution is 6.31. The molecule has 20 heavy (non-hydrogen) atoms. The van der Waals surface area contributed by atoms with E-state index < -0.39 is 11.9 Å². The summed E-state index contributed by atoms with van der Waals surface area (Å²) in [6, 6.07) is 4.90. The van der Waals surface area contributed by atoms with Crippen LogP contribution in [0.5, 0.6) is 5.75 Å². The van der Waals surface area contributed by atoms with Gasteiger partial charge in [0.1, 0.15) is 5.75 Å². The van der Waals surface area contributed by atoms with E-state index in [0.717, 1.165) is 0 Å². The molecule has 0 spiro atoms. The van der Waals surface area contributed by atoms with Gasteiger partial charge in [-0.2, -0.15) is 0 Å². The molecule has 0 aliphatic rings. The number of hydrogen-bond donors (Lipinski definition) is 1. The number of carboxylic acids is 1. The number of benzene rings is 1. The predicted octanol–water partition coefficient (Wildman–Crippen LogP) is 2.81. The van der Waals surface area contributed by atoms with Gasteiger partial charge in [0.25, 0.3) is 0 Å². The molecule has 1 rings (SSSR count). The first-order chi connectivity index (χ1) is 9.40. The Labute approximate surface area is 123 Å². The van der Waals surface area contributed by atoms with Gasteiger partial charge in [0, 0.05) is 18.0 Å². The van der Waals surface area contributed by atoms with Gasteiger partial charge in [-0.1, -0.05) is 25.4 Å². The molecule has 1 aromatic rings. The van der Waals surface area contributed by atoms with Crippen LogP contribution in [0.4, 0.5) is 5.69 Å². The van der Waals surface area contributed by atoms with Gasteiger partial charge < -0.3 is 14.7 Å². The maximum absolute atomic E-state index is 12.1. The molecule has 1 unspecified atom stereocenters. The van der Waals surface area contributed by atoms with Crippen LogP contribution in [-0.4, -0.2) is 30.6 Å². The zero-order valence-corrected chi connectivity index (χ0v) is 12.5. The number of nitrogens with zero attached hydrogens (tertiary/aromatic N) is 1. The second kappa shape index (κ2) is 7.14. The SMILES string of the molecule is CCC(=O)N(CC(C)C(=O)O)c1cc(Cl)ccc1OC. The summed E-state index contributed by atoms with van der Waals surface area (Å²) in [6.07, 6.45) is 0.266. The maximum atomic E-state index is 12.1. The fourth-order valence-corrected chi connectivity index (χ4v) is 1.92. The third-order valence-electron chi connectivity index (χ3n) is 2.91. The van der Waals surface area contributed by atoms with Crippen molar-refractivity contribution in [1.29, 1.82) is 0 Å². The third-order valence-corrected chi connectivity index (χ3v) is 3.15. The standard InChI is InChI=1S/C14H18ClNO4/c1-4-13(17)16(8-9(2)14(18)19)11-7-10(15)5-6-12(11)20-3/h5-7,9H,4,8H2,1-3H3,(H,18,19). The molecule has 110 valence electrons. The summed E-state index contributed by atoms with van der Waals surface area (Å²) in [5, 5.41) is 9.47. The fourth-order valence-electron chi connectivity index (χ4n) is 1.75. The van der Waals surface area contributed by atoms with Crippen molar-refractivity contribution in [2.75, 3.05) is 18.6 Å². The zero-order chi connectivity index (χ0) is 15.3. The molecular weight excluding hydrogens is 282 g/mol. The van der Waals surface area contributed by atoms with Gasteiger partial charge in [0.15, 0.2) is 0 Å². The monoisotopic (exact) mass is 299 g/mol. The second-order valence-corrected chi connectivity index (χ2v) is 4.85. The molecule has 0 heterocycles. The summed E-state index contributed by atoms with van der Waals surface area (Å²) in [5.41, 5.74) is 0.486.